The molecule has 0 spiro atoms. The van der Waals surface area contributed by atoms with Gasteiger partial charge in [-0.1, -0.05) is 6.07 Å². The van der Waals surface area contributed by atoms with E-state index in [-0.39, 0.29) is 6.10 Å². The van der Waals surface area contributed by atoms with Gasteiger partial charge in [-0.25, -0.2) is 0 Å². The summed E-state index contributed by atoms with van der Waals surface area (Å²) in [5.41, 5.74) is 3.03. The van der Waals surface area contributed by atoms with Crippen LogP contribution in [0.4, 0.5) is 0 Å². The number of hydrogen-bond acceptors (Lipinski definition) is 8. The van der Waals surface area contributed by atoms with Gasteiger partial charge in [-0.15, -0.1) is 0 Å². The third kappa shape index (κ3) is 4.04. The first kappa shape index (κ1) is 18.9. The van der Waals surface area contributed by atoms with Crippen molar-refractivity contribution in [1.82, 2.24) is 13.6 Å². The molecule has 7 nitrogen and oxygen atoms in total. The van der Waals surface area contributed by atoms with E-state index in [4.69, 9.17) is 14.2 Å². The predicted octanol–water partition coefficient (Wildman–Crippen LogP) is 2.72. The lowest BCUT2D eigenvalue weighted by Crippen LogP contribution is -2.48. The van der Waals surface area contributed by atoms with E-state index in [2.05, 4.69) is 25.8 Å². The molecule has 2 atom stereocenters. The molecule has 2 heterocycles. The SMILES string of the molecule is COc1ccc(O[C@@H]2CCN(Cc3ccc4nsnc4c3)C[C@H]2O)cc1OC. The molecule has 0 unspecified atom stereocenters. The number of fused-ring (bicyclic) bond motifs is 1. The van der Waals surface area contributed by atoms with Gasteiger partial charge in [0, 0.05) is 25.7 Å². The second kappa shape index (κ2) is 8.30. The fourth-order valence-corrected chi connectivity index (χ4v) is 4.02. The molecule has 28 heavy (non-hydrogen) atoms. The molecule has 0 aliphatic carbocycles. The summed E-state index contributed by atoms with van der Waals surface area (Å²) in [5, 5.41) is 10.6. The van der Waals surface area contributed by atoms with Crippen LogP contribution in [0.5, 0.6) is 17.2 Å². The van der Waals surface area contributed by atoms with Crippen LogP contribution in [0.15, 0.2) is 36.4 Å². The largest absolute Gasteiger partial charge is 0.493 e. The summed E-state index contributed by atoms with van der Waals surface area (Å²) in [6.07, 6.45) is -0.0678. The summed E-state index contributed by atoms with van der Waals surface area (Å²) in [4.78, 5) is 2.24. The van der Waals surface area contributed by atoms with Gasteiger partial charge in [-0.05, 0) is 36.2 Å². The Morgan fingerprint density at radius 2 is 1.89 bits per heavy atom. The van der Waals surface area contributed by atoms with Gasteiger partial charge in [0.2, 0.25) is 0 Å². The maximum atomic E-state index is 10.6. The molecule has 1 aliphatic heterocycles. The predicted molar refractivity (Wildman–Crippen MR) is 107 cm³/mol. The minimum atomic E-state index is -0.563. The fraction of sp³-hybridized carbons (Fsp3) is 0.400. The Bertz CT molecular complexity index is 948. The smallest absolute Gasteiger partial charge is 0.164 e. The van der Waals surface area contributed by atoms with Crippen molar-refractivity contribution in [1.29, 1.82) is 0 Å². The Morgan fingerprint density at radius 3 is 2.68 bits per heavy atom. The summed E-state index contributed by atoms with van der Waals surface area (Å²) in [7, 11) is 3.19. The number of ether oxygens (including phenoxy) is 3. The maximum Gasteiger partial charge on any atom is 0.164 e. The Labute approximate surface area is 167 Å². The standard InChI is InChI=1S/C20H23N3O4S/c1-25-19-6-4-14(10-20(19)26-2)27-18-7-8-23(12-17(18)24)11-13-3-5-15-16(9-13)22-28-21-15/h3-6,9-10,17-18,24H,7-8,11-12H2,1-2H3/t17-,18-/m1/s1. The van der Waals surface area contributed by atoms with Gasteiger partial charge in [0.25, 0.3) is 0 Å². The molecule has 1 aromatic heterocycles. The molecular formula is C20H23N3O4S. The molecule has 0 amide bonds. The van der Waals surface area contributed by atoms with Crippen LogP contribution in [0.25, 0.3) is 11.0 Å². The number of hydrogen-bond donors (Lipinski definition) is 1. The zero-order valence-electron chi connectivity index (χ0n) is 15.9. The second-order valence-electron chi connectivity index (χ2n) is 6.85. The molecule has 8 heteroatoms. The van der Waals surface area contributed by atoms with Crippen molar-refractivity contribution in [3.05, 3.63) is 42.0 Å². The minimum Gasteiger partial charge on any atom is -0.493 e. The van der Waals surface area contributed by atoms with Crippen LogP contribution >= 0.6 is 11.7 Å². The molecule has 3 aromatic rings. The van der Waals surface area contributed by atoms with E-state index < -0.39 is 6.10 Å². The molecule has 148 valence electrons. The number of rotatable bonds is 6. The molecule has 1 N–H and O–H groups in total. The van der Waals surface area contributed by atoms with E-state index in [1.807, 2.05) is 12.1 Å². The van der Waals surface area contributed by atoms with Gasteiger partial charge in [-0.2, -0.15) is 8.75 Å². The van der Waals surface area contributed by atoms with Gasteiger partial charge in [0.05, 0.1) is 25.9 Å². The number of benzene rings is 2. The van der Waals surface area contributed by atoms with Crippen molar-refractivity contribution in [2.45, 2.75) is 25.2 Å². The molecule has 1 fully saturated rings. The van der Waals surface area contributed by atoms with Crippen molar-refractivity contribution in [3.63, 3.8) is 0 Å². The number of methoxy groups -OCH3 is 2. The van der Waals surface area contributed by atoms with Gasteiger partial charge >= 0.3 is 0 Å². The van der Waals surface area contributed by atoms with Crippen molar-refractivity contribution in [2.24, 2.45) is 0 Å². The van der Waals surface area contributed by atoms with E-state index in [1.165, 1.54) is 17.3 Å². The van der Waals surface area contributed by atoms with Crippen LogP contribution < -0.4 is 14.2 Å². The quantitative estimate of drug-likeness (QED) is 0.680. The number of aromatic nitrogens is 2. The lowest BCUT2D eigenvalue weighted by atomic mass is 10.0. The highest BCUT2D eigenvalue weighted by molar-refractivity contribution is 7.00. The summed E-state index contributed by atoms with van der Waals surface area (Å²) >= 11 is 1.23. The molecule has 2 aromatic carbocycles. The zero-order chi connectivity index (χ0) is 19.5. The summed E-state index contributed by atoms with van der Waals surface area (Å²) < 4.78 is 25.1. The Morgan fingerprint density at radius 1 is 1.07 bits per heavy atom. The van der Waals surface area contributed by atoms with Crippen LogP contribution in [0.3, 0.4) is 0 Å². The van der Waals surface area contributed by atoms with Crippen molar-refractivity contribution >= 4 is 22.8 Å². The van der Waals surface area contributed by atoms with Gasteiger partial charge in [-0.3, -0.25) is 4.90 Å². The summed E-state index contributed by atoms with van der Waals surface area (Å²) in [5.74, 6) is 1.92. The average molecular weight is 401 g/mol. The fourth-order valence-electron chi connectivity index (χ4n) is 3.51. The number of likely N-dealkylation sites (tertiary alicyclic amines) is 1. The summed E-state index contributed by atoms with van der Waals surface area (Å²) in [6, 6.07) is 11.6. The third-order valence-electron chi connectivity index (χ3n) is 4.97. The highest BCUT2D eigenvalue weighted by Crippen LogP contribution is 2.32. The maximum absolute atomic E-state index is 10.6. The van der Waals surface area contributed by atoms with Crippen molar-refractivity contribution < 1.29 is 19.3 Å². The van der Waals surface area contributed by atoms with E-state index >= 15 is 0 Å². The Hall–Kier alpha value is -2.42. The number of piperidine rings is 1. The van der Waals surface area contributed by atoms with Gasteiger partial charge in [0.15, 0.2) is 11.5 Å². The Balaban J connectivity index is 1.37. The average Bonchev–Trinajstić information content (AvgIpc) is 3.18. The van der Waals surface area contributed by atoms with Crippen LogP contribution in [0, 0.1) is 0 Å². The molecule has 0 saturated carbocycles. The monoisotopic (exact) mass is 401 g/mol. The van der Waals surface area contributed by atoms with E-state index in [0.29, 0.717) is 23.8 Å². The van der Waals surface area contributed by atoms with Crippen molar-refractivity contribution in [3.8, 4) is 17.2 Å². The first-order valence-electron chi connectivity index (χ1n) is 9.16. The lowest BCUT2D eigenvalue weighted by Gasteiger charge is -2.36. The van der Waals surface area contributed by atoms with Crippen molar-refractivity contribution in [2.75, 3.05) is 27.3 Å². The number of nitrogens with zero attached hydrogens (tertiary/aromatic N) is 3. The number of β-amino-alcohol motifs (C(OH)–C–C–N with tert-alkyl or cyclic N) is 1. The first-order chi connectivity index (χ1) is 13.7. The van der Waals surface area contributed by atoms with Crippen LogP contribution in [-0.2, 0) is 6.54 Å². The molecule has 1 aliphatic rings. The first-order valence-corrected chi connectivity index (χ1v) is 9.89. The summed E-state index contributed by atoms with van der Waals surface area (Å²) in [6.45, 7) is 2.18. The van der Waals surface area contributed by atoms with E-state index in [0.717, 1.165) is 30.5 Å². The highest BCUT2D eigenvalue weighted by atomic mass is 32.1. The molecule has 0 radical (unpaired) electrons. The zero-order valence-corrected chi connectivity index (χ0v) is 16.7. The Kier molecular flexibility index (Phi) is 5.61. The van der Waals surface area contributed by atoms with Gasteiger partial charge in [0.1, 0.15) is 29.0 Å². The van der Waals surface area contributed by atoms with Crippen LogP contribution in [0.2, 0.25) is 0 Å². The third-order valence-corrected chi connectivity index (χ3v) is 5.53. The number of aliphatic hydroxyl groups excluding tert-OH is 1. The molecule has 4 rings (SSSR count). The minimum absolute atomic E-state index is 0.250. The normalized spacial score (nSPS) is 20.2. The number of aliphatic hydroxyl groups is 1. The second-order valence-corrected chi connectivity index (χ2v) is 7.38. The van der Waals surface area contributed by atoms with E-state index in [9.17, 15) is 5.11 Å². The topological polar surface area (TPSA) is 76.9 Å². The highest BCUT2D eigenvalue weighted by Gasteiger charge is 2.29. The molecular weight excluding hydrogens is 378 g/mol. The van der Waals surface area contributed by atoms with E-state index in [1.54, 1.807) is 26.4 Å². The molecule has 0 bridgehead atoms. The lowest BCUT2D eigenvalue weighted by molar-refractivity contribution is -0.0275. The van der Waals surface area contributed by atoms with Crippen LogP contribution in [-0.4, -0.2) is 58.3 Å². The van der Waals surface area contributed by atoms with Crippen LogP contribution in [0.1, 0.15) is 12.0 Å². The molecule has 1 saturated heterocycles. The van der Waals surface area contributed by atoms with Gasteiger partial charge < -0.3 is 19.3 Å².